The Labute approximate surface area is 106 Å². The van der Waals surface area contributed by atoms with Crippen LogP contribution in [0.25, 0.3) is 10.2 Å². The van der Waals surface area contributed by atoms with Gasteiger partial charge in [-0.3, -0.25) is 9.59 Å². The van der Waals surface area contributed by atoms with Crippen molar-refractivity contribution in [3.63, 3.8) is 0 Å². The average molecular weight is 263 g/mol. The highest BCUT2D eigenvalue weighted by Crippen LogP contribution is 2.15. The molecule has 86 valence electrons. The molecule has 0 unspecified atom stereocenters. The number of H-pyrrole nitrogens is 1. The van der Waals surface area contributed by atoms with Crippen molar-refractivity contribution in [3.05, 3.63) is 33.4 Å². The lowest BCUT2D eigenvalue weighted by Gasteiger charge is -1.90. The van der Waals surface area contributed by atoms with E-state index in [-0.39, 0.29) is 9.99 Å². The molecular formula is C12H9NO2S2. The molecule has 5 heteroatoms. The fraction of sp³-hybridized carbons (Fsp3) is 0.167. The van der Waals surface area contributed by atoms with Crippen LogP contribution in [0.15, 0.2) is 23.0 Å². The molecule has 1 heterocycles. The van der Waals surface area contributed by atoms with Crippen LogP contribution in [0.3, 0.4) is 0 Å². The molecule has 0 spiro atoms. The van der Waals surface area contributed by atoms with Crippen LogP contribution in [0.1, 0.15) is 12.5 Å². The lowest BCUT2D eigenvalue weighted by atomic mass is 10.2. The van der Waals surface area contributed by atoms with Gasteiger partial charge in [-0.25, -0.2) is 0 Å². The number of thioether (sulfide) groups is 1. The Balaban J connectivity index is 2.18. The standard InChI is InChI=1S/C12H9NO2S2/c1-8(14)16-6-2-3-9-4-5-10-11(7-9)17-12(15)13-10/h4-5,7H,6H2,1H3,(H,13,15). The van der Waals surface area contributed by atoms with Gasteiger partial charge in [0.25, 0.3) is 0 Å². The first-order valence-electron chi connectivity index (χ1n) is 4.90. The Morgan fingerprint density at radius 3 is 3.12 bits per heavy atom. The number of carbonyl (C=O) groups is 1. The van der Waals surface area contributed by atoms with Gasteiger partial charge >= 0.3 is 4.87 Å². The second-order valence-corrected chi connectivity index (χ2v) is 5.47. The summed E-state index contributed by atoms with van der Waals surface area (Å²) in [6.07, 6.45) is 0. The first-order chi connectivity index (χ1) is 8.15. The number of thiazole rings is 1. The van der Waals surface area contributed by atoms with Crippen LogP contribution >= 0.6 is 23.1 Å². The third-order valence-corrected chi connectivity index (χ3v) is 3.54. The van der Waals surface area contributed by atoms with Crippen LogP contribution in [-0.2, 0) is 4.79 Å². The van der Waals surface area contributed by atoms with Crippen molar-refractivity contribution in [1.29, 1.82) is 0 Å². The van der Waals surface area contributed by atoms with Gasteiger partial charge in [-0.05, 0) is 18.2 Å². The van der Waals surface area contributed by atoms with Crippen molar-refractivity contribution in [2.24, 2.45) is 0 Å². The molecular weight excluding hydrogens is 254 g/mol. The quantitative estimate of drug-likeness (QED) is 0.803. The lowest BCUT2D eigenvalue weighted by molar-refractivity contribution is -0.109. The van der Waals surface area contributed by atoms with Gasteiger partial charge in [0.2, 0.25) is 0 Å². The van der Waals surface area contributed by atoms with Gasteiger partial charge in [0.15, 0.2) is 5.12 Å². The van der Waals surface area contributed by atoms with Crippen molar-refractivity contribution in [3.8, 4) is 11.8 Å². The number of rotatable bonds is 1. The molecule has 0 aliphatic rings. The van der Waals surface area contributed by atoms with E-state index in [0.29, 0.717) is 5.75 Å². The number of nitrogens with one attached hydrogen (secondary N) is 1. The van der Waals surface area contributed by atoms with E-state index in [0.717, 1.165) is 15.8 Å². The highest BCUT2D eigenvalue weighted by Gasteiger charge is 1.98. The average Bonchev–Trinajstić information content (AvgIpc) is 2.63. The molecule has 0 fully saturated rings. The summed E-state index contributed by atoms with van der Waals surface area (Å²) in [6, 6.07) is 5.58. The summed E-state index contributed by atoms with van der Waals surface area (Å²) in [5, 5.41) is 0.0682. The molecule has 2 aromatic rings. The van der Waals surface area contributed by atoms with E-state index < -0.39 is 0 Å². The highest BCUT2D eigenvalue weighted by atomic mass is 32.2. The number of carbonyl (C=O) groups excluding carboxylic acids is 1. The van der Waals surface area contributed by atoms with Gasteiger partial charge in [0.1, 0.15) is 0 Å². The van der Waals surface area contributed by atoms with E-state index >= 15 is 0 Å². The SMILES string of the molecule is CC(=O)SCC#Cc1ccc2[nH]c(=O)sc2c1. The maximum atomic E-state index is 11.1. The molecule has 17 heavy (non-hydrogen) atoms. The Hall–Kier alpha value is -1.51. The summed E-state index contributed by atoms with van der Waals surface area (Å²) >= 11 is 2.36. The highest BCUT2D eigenvalue weighted by molar-refractivity contribution is 8.13. The summed E-state index contributed by atoms with van der Waals surface area (Å²) in [6.45, 7) is 1.52. The first kappa shape index (κ1) is 12.0. The lowest BCUT2D eigenvalue weighted by Crippen LogP contribution is -1.89. The third kappa shape index (κ3) is 3.22. The van der Waals surface area contributed by atoms with Crippen LogP contribution in [0, 0.1) is 11.8 Å². The summed E-state index contributed by atoms with van der Waals surface area (Å²) in [5.41, 5.74) is 1.69. The van der Waals surface area contributed by atoms with Crippen LogP contribution < -0.4 is 4.87 Å². The van der Waals surface area contributed by atoms with Crippen molar-refractivity contribution < 1.29 is 4.79 Å². The number of aromatic nitrogens is 1. The van der Waals surface area contributed by atoms with E-state index in [1.165, 1.54) is 30.0 Å². The summed E-state index contributed by atoms with van der Waals surface area (Å²) < 4.78 is 0.904. The Morgan fingerprint density at radius 2 is 2.35 bits per heavy atom. The number of hydrogen-bond donors (Lipinski definition) is 1. The molecule has 1 aromatic heterocycles. The zero-order chi connectivity index (χ0) is 12.3. The Morgan fingerprint density at radius 1 is 1.53 bits per heavy atom. The molecule has 1 N–H and O–H groups in total. The Bertz CT molecular complexity index is 673. The van der Waals surface area contributed by atoms with Crippen molar-refractivity contribution in [2.45, 2.75) is 6.92 Å². The largest absolute Gasteiger partial charge is 0.312 e. The molecule has 2 rings (SSSR count). The van der Waals surface area contributed by atoms with Gasteiger partial charge < -0.3 is 4.98 Å². The van der Waals surface area contributed by atoms with Gasteiger partial charge in [0, 0.05) is 12.5 Å². The van der Waals surface area contributed by atoms with E-state index in [2.05, 4.69) is 16.8 Å². The molecule has 0 amide bonds. The minimum Gasteiger partial charge on any atom is -0.312 e. The second kappa shape index (κ2) is 5.21. The first-order valence-corrected chi connectivity index (χ1v) is 6.70. The van der Waals surface area contributed by atoms with Crippen LogP contribution in [0.2, 0.25) is 0 Å². The second-order valence-electron chi connectivity index (χ2n) is 3.31. The van der Waals surface area contributed by atoms with E-state index in [1.54, 1.807) is 0 Å². The molecule has 0 atom stereocenters. The molecule has 0 bridgehead atoms. The number of aromatic amines is 1. The van der Waals surface area contributed by atoms with Crippen molar-refractivity contribution >= 4 is 38.4 Å². The monoisotopic (exact) mass is 263 g/mol. The fourth-order valence-corrected chi connectivity index (χ4v) is 2.42. The molecule has 0 saturated heterocycles. The number of fused-ring (bicyclic) bond motifs is 1. The predicted molar refractivity (Wildman–Crippen MR) is 72.5 cm³/mol. The van der Waals surface area contributed by atoms with E-state index in [9.17, 15) is 9.59 Å². The van der Waals surface area contributed by atoms with E-state index in [4.69, 9.17) is 0 Å². The number of benzene rings is 1. The van der Waals surface area contributed by atoms with Crippen molar-refractivity contribution in [1.82, 2.24) is 4.98 Å². The van der Waals surface area contributed by atoms with Crippen molar-refractivity contribution in [2.75, 3.05) is 5.75 Å². The Kier molecular flexibility index (Phi) is 3.67. The molecule has 0 aliphatic carbocycles. The minimum absolute atomic E-state index is 0.0581. The van der Waals surface area contributed by atoms with E-state index in [1.807, 2.05) is 18.2 Å². The molecule has 3 nitrogen and oxygen atoms in total. The van der Waals surface area contributed by atoms with Crippen LogP contribution in [-0.4, -0.2) is 15.9 Å². The zero-order valence-electron chi connectivity index (χ0n) is 9.07. The predicted octanol–water partition coefficient (Wildman–Crippen LogP) is 2.22. The fourth-order valence-electron chi connectivity index (χ4n) is 1.30. The van der Waals surface area contributed by atoms with Crippen LogP contribution in [0.5, 0.6) is 0 Å². The molecule has 0 radical (unpaired) electrons. The van der Waals surface area contributed by atoms with Gasteiger partial charge in [0.05, 0.1) is 16.0 Å². The summed E-state index contributed by atoms with van der Waals surface area (Å²) in [7, 11) is 0. The smallest absolute Gasteiger partial charge is 0.305 e. The summed E-state index contributed by atoms with van der Waals surface area (Å²) in [5.74, 6) is 6.38. The molecule has 0 aliphatic heterocycles. The van der Waals surface area contributed by atoms with Gasteiger partial charge in [-0.1, -0.05) is 34.9 Å². The zero-order valence-corrected chi connectivity index (χ0v) is 10.7. The van der Waals surface area contributed by atoms with Crippen LogP contribution in [0.4, 0.5) is 0 Å². The van der Waals surface area contributed by atoms with Gasteiger partial charge in [-0.2, -0.15) is 0 Å². The maximum Gasteiger partial charge on any atom is 0.305 e. The third-order valence-electron chi connectivity index (χ3n) is 2.00. The molecule has 0 saturated carbocycles. The normalized spacial score (nSPS) is 9.94. The minimum atomic E-state index is -0.0581. The summed E-state index contributed by atoms with van der Waals surface area (Å²) in [4.78, 5) is 24.5. The maximum absolute atomic E-state index is 11.1. The number of hydrogen-bond acceptors (Lipinski definition) is 4. The van der Waals surface area contributed by atoms with Gasteiger partial charge in [-0.15, -0.1) is 0 Å². The molecule has 1 aromatic carbocycles. The topological polar surface area (TPSA) is 49.9 Å².